The van der Waals surface area contributed by atoms with Gasteiger partial charge in [-0.2, -0.15) is 0 Å². The van der Waals surface area contributed by atoms with Crippen molar-refractivity contribution in [1.82, 2.24) is 14.9 Å². The summed E-state index contributed by atoms with van der Waals surface area (Å²) in [6.45, 7) is 2.16. The lowest BCUT2D eigenvalue weighted by atomic mass is 9.95. The van der Waals surface area contributed by atoms with Crippen LogP contribution in [-0.4, -0.2) is 46.6 Å². The van der Waals surface area contributed by atoms with Gasteiger partial charge in [-0.25, -0.2) is 9.37 Å². The maximum atomic E-state index is 13.3. The zero-order valence-corrected chi connectivity index (χ0v) is 12.9. The number of rotatable bonds is 2. The molecule has 0 spiro atoms. The first kappa shape index (κ1) is 14.6. The largest absolute Gasteiger partial charge is 0.368 e. The number of carbonyl (C=O) groups excluding carboxylic acids is 1. The molecule has 0 radical (unpaired) electrons. The van der Waals surface area contributed by atoms with Gasteiger partial charge >= 0.3 is 0 Å². The minimum Gasteiger partial charge on any atom is -0.368 e. The number of benzene rings is 1. The fourth-order valence-electron chi connectivity index (χ4n) is 3.54. The summed E-state index contributed by atoms with van der Waals surface area (Å²) < 4.78 is 18.8. The van der Waals surface area contributed by atoms with Crippen molar-refractivity contribution in [3.05, 3.63) is 29.8 Å². The van der Waals surface area contributed by atoms with Crippen molar-refractivity contribution in [3.63, 3.8) is 0 Å². The molecule has 122 valence electrons. The highest BCUT2D eigenvalue weighted by molar-refractivity contribution is 5.81. The fraction of sp³-hybridized carbons (Fsp3) is 0.529. The van der Waals surface area contributed by atoms with E-state index in [1.54, 1.807) is 6.07 Å². The van der Waals surface area contributed by atoms with Crippen LogP contribution in [-0.2, 0) is 9.53 Å². The molecule has 0 saturated carbocycles. The Kier molecular flexibility index (Phi) is 3.77. The first-order valence-corrected chi connectivity index (χ1v) is 8.26. The molecule has 2 aliphatic rings. The number of H-pyrrole nitrogens is 1. The van der Waals surface area contributed by atoms with Crippen molar-refractivity contribution in [2.45, 2.75) is 37.7 Å². The highest BCUT2D eigenvalue weighted by atomic mass is 19.1. The number of hydrogen-bond acceptors (Lipinski definition) is 3. The molecule has 0 aliphatic carbocycles. The Morgan fingerprint density at radius 1 is 1.30 bits per heavy atom. The topological polar surface area (TPSA) is 58.2 Å². The normalized spacial score (nSPS) is 22.8. The van der Waals surface area contributed by atoms with Crippen molar-refractivity contribution < 1.29 is 13.9 Å². The number of nitrogens with one attached hydrogen (secondary N) is 1. The Balaban J connectivity index is 1.43. The highest BCUT2D eigenvalue weighted by Crippen LogP contribution is 2.29. The van der Waals surface area contributed by atoms with Gasteiger partial charge in [-0.05, 0) is 43.9 Å². The van der Waals surface area contributed by atoms with Crippen molar-refractivity contribution in [2.24, 2.45) is 0 Å². The van der Waals surface area contributed by atoms with Gasteiger partial charge in [-0.1, -0.05) is 0 Å². The number of carbonyl (C=O) groups is 1. The lowest BCUT2D eigenvalue weighted by molar-refractivity contribution is -0.142. The van der Waals surface area contributed by atoms with Gasteiger partial charge < -0.3 is 14.6 Å². The predicted molar refractivity (Wildman–Crippen MR) is 83.6 cm³/mol. The molecular weight excluding hydrogens is 297 g/mol. The third-order valence-corrected chi connectivity index (χ3v) is 4.86. The SMILES string of the molecule is O=C(C1CCCO1)N1CCC(c2nc3ccc(F)cc3[nH]2)CC1. The van der Waals surface area contributed by atoms with E-state index in [1.165, 1.54) is 12.1 Å². The van der Waals surface area contributed by atoms with Crippen LogP contribution in [0.2, 0.25) is 0 Å². The standard InChI is InChI=1S/C17H20FN3O2/c18-12-3-4-13-14(10-12)20-16(19-13)11-5-7-21(8-6-11)17(22)15-2-1-9-23-15/h3-4,10-11,15H,1-2,5-9H2,(H,19,20). The number of halogens is 1. The van der Waals surface area contributed by atoms with Crippen molar-refractivity contribution in [1.29, 1.82) is 0 Å². The van der Waals surface area contributed by atoms with E-state index in [4.69, 9.17) is 4.74 Å². The van der Waals surface area contributed by atoms with Gasteiger partial charge in [-0.3, -0.25) is 4.79 Å². The van der Waals surface area contributed by atoms with Gasteiger partial charge in [0, 0.05) is 25.6 Å². The number of ether oxygens (including phenoxy) is 1. The minimum absolute atomic E-state index is 0.132. The zero-order valence-electron chi connectivity index (χ0n) is 12.9. The molecule has 5 nitrogen and oxygen atoms in total. The summed E-state index contributed by atoms with van der Waals surface area (Å²) in [5.41, 5.74) is 1.53. The summed E-state index contributed by atoms with van der Waals surface area (Å²) in [5.74, 6) is 1.06. The molecule has 2 fully saturated rings. The molecular formula is C17H20FN3O2. The van der Waals surface area contributed by atoms with E-state index in [2.05, 4.69) is 9.97 Å². The Labute approximate surface area is 133 Å². The van der Waals surface area contributed by atoms with Gasteiger partial charge in [0.2, 0.25) is 0 Å². The van der Waals surface area contributed by atoms with Gasteiger partial charge in [0.05, 0.1) is 11.0 Å². The third-order valence-electron chi connectivity index (χ3n) is 4.86. The smallest absolute Gasteiger partial charge is 0.251 e. The zero-order chi connectivity index (χ0) is 15.8. The first-order valence-electron chi connectivity index (χ1n) is 8.26. The summed E-state index contributed by atoms with van der Waals surface area (Å²) in [7, 11) is 0. The number of piperidine rings is 1. The van der Waals surface area contributed by atoms with E-state index < -0.39 is 0 Å². The average molecular weight is 317 g/mol. The van der Waals surface area contributed by atoms with Crippen LogP contribution < -0.4 is 0 Å². The third kappa shape index (κ3) is 2.83. The molecule has 1 aromatic carbocycles. The average Bonchev–Trinajstić information content (AvgIpc) is 3.23. The Morgan fingerprint density at radius 2 is 2.13 bits per heavy atom. The number of likely N-dealkylation sites (tertiary alicyclic amines) is 1. The summed E-state index contributed by atoms with van der Waals surface area (Å²) in [5, 5.41) is 0. The number of hydrogen-bond donors (Lipinski definition) is 1. The molecule has 23 heavy (non-hydrogen) atoms. The Bertz CT molecular complexity index is 716. The maximum Gasteiger partial charge on any atom is 0.251 e. The molecule has 3 heterocycles. The number of aromatic nitrogens is 2. The van der Waals surface area contributed by atoms with E-state index in [1.807, 2.05) is 4.90 Å². The number of nitrogens with zero attached hydrogens (tertiary/aromatic N) is 2. The van der Waals surface area contributed by atoms with Crippen LogP contribution in [0, 0.1) is 5.82 Å². The second kappa shape index (κ2) is 5.92. The Hall–Kier alpha value is -1.95. The lowest BCUT2D eigenvalue weighted by Crippen LogP contribution is -2.43. The molecule has 1 aromatic heterocycles. The minimum atomic E-state index is -0.260. The molecule has 1 amide bonds. The molecule has 2 aliphatic heterocycles. The number of amides is 1. The summed E-state index contributed by atoms with van der Waals surface area (Å²) in [4.78, 5) is 22.1. The molecule has 1 N–H and O–H groups in total. The molecule has 2 saturated heterocycles. The van der Waals surface area contributed by atoms with Crippen molar-refractivity contribution in [3.8, 4) is 0 Å². The molecule has 4 rings (SSSR count). The van der Waals surface area contributed by atoms with Gasteiger partial charge in [0.25, 0.3) is 5.91 Å². The van der Waals surface area contributed by atoms with Gasteiger partial charge in [0.1, 0.15) is 17.7 Å². The van der Waals surface area contributed by atoms with Crippen LogP contribution in [0.5, 0.6) is 0 Å². The van der Waals surface area contributed by atoms with Crippen LogP contribution in [0.1, 0.15) is 37.4 Å². The van der Waals surface area contributed by atoms with Crippen molar-refractivity contribution >= 4 is 16.9 Å². The quantitative estimate of drug-likeness (QED) is 0.926. The molecule has 6 heteroatoms. The summed E-state index contributed by atoms with van der Waals surface area (Å²) >= 11 is 0. The molecule has 2 aromatic rings. The van der Waals surface area contributed by atoms with E-state index in [-0.39, 0.29) is 17.8 Å². The molecule has 1 atom stereocenters. The lowest BCUT2D eigenvalue weighted by Gasteiger charge is -2.32. The molecule has 1 unspecified atom stereocenters. The second-order valence-electron chi connectivity index (χ2n) is 6.38. The number of imidazole rings is 1. The van der Waals surface area contributed by atoms with E-state index in [9.17, 15) is 9.18 Å². The maximum absolute atomic E-state index is 13.3. The van der Waals surface area contributed by atoms with Crippen LogP contribution in [0.25, 0.3) is 11.0 Å². The van der Waals surface area contributed by atoms with Crippen LogP contribution in [0.15, 0.2) is 18.2 Å². The summed E-state index contributed by atoms with van der Waals surface area (Å²) in [6.07, 6.45) is 3.33. The fourth-order valence-corrected chi connectivity index (χ4v) is 3.54. The van der Waals surface area contributed by atoms with Gasteiger partial charge in [-0.15, -0.1) is 0 Å². The molecule has 0 bridgehead atoms. The highest BCUT2D eigenvalue weighted by Gasteiger charge is 2.31. The van der Waals surface area contributed by atoms with Crippen LogP contribution in [0.3, 0.4) is 0 Å². The summed E-state index contributed by atoms with van der Waals surface area (Å²) in [6, 6.07) is 4.60. The van der Waals surface area contributed by atoms with E-state index >= 15 is 0 Å². The van der Waals surface area contributed by atoms with Crippen LogP contribution >= 0.6 is 0 Å². The van der Waals surface area contributed by atoms with Crippen LogP contribution in [0.4, 0.5) is 4.39 Å². The monoisotopic (exact) mass is 317 g/mol. The predicted octanol–water partition coefficient (Wildman–Crippen LogP) is 2.59. The number of fused-ring (bicyclic) bond motifs is 1. The van der Waals surface area contributed by atoms with E-state index in [0.717, 1.165) is 55.6 Å². The van der Waals surface area contributed by atoms with E-state index in [0.29, 0.717) is 12.5 Å². The second-order valence-corrected chi connectivity index (χ2v) is 6.38. The first-order chi connectivity index (χ1) is 11.2. The number of aromatic amines is 1. The van der Waals surface area contributed by atoms with Gasteiger partial charge in [0.15, 0.2) is 0 Å². The Morgan fingerprint density at radius 3 is 2.87 bits per heavy atom. The van der Waals surface area contributed by atoms with Crippen molar-refractivity contribution in [2.75, 3.05) is 19.7 Å².